The van der Waals surface area contributed by atoms with E-state index in [2.05, 4.69) is 32.3 Å². The molecule has 9 heteroatoms. The molecule has 6 rings (SSSR count). The Kier molecular flexibility index (Phi) is 4.73. The number of aromatic hydroxyl groups is 1. The summed E-state index contributed by atoms with van der Waals surface area (Å²) in [4.78, 5) is 2.37. The number of nitrogens with one attached hydrogen (secondary N) is 1. The predicted octanol–water partition coefficient (Wildman–Crippen LogP) is 2.79. The Hall–Kier alpha value is -2.49. The third kappa shape index (κ3) is 3.29. The molecular formula is C20H23N5O3S. The van der Waals surface area contributed by atoms with Gasteiger partial charge in [-0.2, -0.15) is 5.10 Å². The largest absolute Gasteiger partial charge is 0.507 e. The Balaban J connectivity index is 1.36. The number of piperidine rings is 2. The highest BCUT2D eigenvalue weighted by Gasteiger charge is 2.48. The molecule has 1 aromatic carbocycles. The van der Waals surface area contributed by atoms with Crippen LogP contribution < -0.4 is 4.74 Å². The van der Waals surface area contributed by atoms with Gasteiger partial charge in [0.2, 0.25) is 0 Å². The van der Waals surface area contributed by atoms with E-state index in [9.17, 15) is 5.11 Å². The van der Waals surface area contributed by atoms with Crippen molar-refractivity contribution in [2.75, 3.05) is 20.7 Å². The molecule has 3 fully saturated rings. The van der Waals surface area contributed by atoms with Gasteiger partial charge < -0.3 is 19.5 Å². The molecule has 3 aliphatic rings. The van der Waals surface area contributed by atoms with Gasteiger partial charge in [-0.3, -0.25) is 5.10 Å². The molecule has 2 bridgehead atoms. The van der Waals surface area contributed by atoms with E-state index >= 15 is 0 Å². The van der Waals surface area contributed by atoms with Crippen molar-refractivity contribution >= 4 is 11.3 Å². The smallest absolute Gasteiger partial charge is 0.294 e. The van der Waals surface area contributed by atoms with E-state index in [1.165, 1.54) is 11.3 Å². The molecule has 152 valence electrons. The third-order valence-corrected chi connectivity index (χ3v) is 6.91. The predicted molar refractivity (Wildman–Crippen MR) is 109 cm³/mol. The number of H-pyrrole nitrogens is 1. The van der Waals surface area contributed by atoms with Gasteiger partial charge in [-0.1, -0.05) is 22.5 Å². The molecule has 29 heavy (non-hydrogen) atoms. The Morgan fingerprint density at radius 1 is 1.21 bits per heavy atom. The van der Waals surface area contributed by atoms with E-state index < -0.39 is 0 Å². The average Bonchev–Trinajstić information content (AvgIpc) is 3.41. The minimum absolute atomic E-state index is 0.0205. The second-order valence-corrected chi connectivity index (χ2v) is 8.66. The second kappa shape index (κ2) is 7.40. The fourth-order valence-electron chi connectivity index (χ4n) is 4.61. The van der Waals surface area contributed by atoms with Crippen molar-refractivity contribution < 1.29 is 14.6 Å². The van der Waals surface area contributed by atoms with Crippen molar-refractivity contribution in [1.82, 2.24) is 25.3 Å². The molecule has 1 saturated carbocycles. The summed E-state index contributed by atoms with van der Waals surface area (Å²) in [7, 11) is 3.90. The number of ether oxygens (including phenoxy) is 2. The number of likely N-dealkylation sites (N-methyl/N-ethyl adjacent to an activating group) is 1. The van der Waals surface area contributed by atoms with Crippen LogP contribution in [0.3, 0.4) is 0 Å². The highest BCUT2D eigenvalue weighted by Crippen LogP contribution is 2.40. The van der Waals surface area contributed by atoms with E-state index in [-0.39, 0.29) is 18.0 Å². The van der Waals surface area contributed by atoms with Gasteiger partial charge >= 0.3 is 0 Å². The number of hydrogen-bond acceptors (Lipinski definition) is 8. The van der Waals surface area contributed by atoms with Crippen molar-refractivity contribution in [3.05, 3.63) is 30.6 Å². The molecule has 4 atom stereocenters. The van der Waals surface area contributed by atoms with E-state index in [1.807, 2.05) is 12.1 Å². The van der Waals surface area contributed by atoms with Gasteiger partial charge in [-0.15, -0.1) is 5.10 Å². The summed E-state index contributed by atoms with van der Waals surface area (Å²) in [6.07, 6.45) is 5.79. The maximum atomic E-state index is 10.5. The number of aromatic amines is 1. The van der Waals surface area contributed by atoms with Crippen LogP contribution in [0.2, 0.25) is 0 Å². The molecular weight excluding hydrogens is 390 g/mol. The SMILES string of the molecule is COC1C2CCC(CN2C)[C@H]1Oc1nnc(-c2ccc(-c3cn[nH]c3)cc2O)s1. The fourth-order valence-corrected chi connectivity index (χ4v) is 5.38. The number of benzene rings is 1. The standard InChI is InChI=1S/C20H23N5O3S/c1-25-10-12-4-6-15(25)18(27-2)17(12)28-20-24-23-19(29-20)14-5-3-11(7-16(14)26)13-8-21-22-9-13/h3,5,7-9,12,15,17-18,26H,4,6,10H2,1-2H3,(H,21,22)/t12?,15?,17-,18?/m1/s1. The zero-order valence-corrected chi connectivity index (χ0v) is 17.1. The summed E-state index contributed by atoms with van der Waals surface area (Å²) in [6, 6.07) is 5.86. The van der Waals surface area contributed by atoms with Gasteiger partial charge in [0.15, 0.2) is 5.01 Å². The minimum Gasteiger partial charge on any atom is -0.507 e. The zero-order valence-electron chi connectivity index (χ0n) is 16.3. The molecule has 2 aromatic heterocycles. The Morgan fingerprint density at radius 3 is 2.83 bits per heavy atom. The molecule has 8 nitrogen and oxygen atoms in total. The first-order valence-corrected chi connectivity index (χ1v) is 10.5. The summed E-state index contributed by atoms with van der Waals surface area (Å²) >= 11 is 1.35. The van der Waals surface area contributed by atoms with Crippen LogP contribution in [0.5, 0.6) is 10.9 Å². The average molecular weight is 414 g/mol. The van der Waals surface area contributed by atoms with Crippen molar-refractivity contribution in [2.24, 2.45) is 5.92 Å². The normalized spacial score (nSPS) is 26.7. The first-order chi connectivity index (χ1) is 14.1. The highest BCUT2D eigenvalue weighted by atomic mass is 32.1. The number of nitrogens with zero attached hydrogens (tertiary/aromatic N) is 4. The molecule has 1 aliphatic carbocycles. The van der Waals surface area contributed by atoms with Crippen molar-refractivity contribution in [3.8, 4) is 32.6 Å². The van der Waals surface area contributed by atoms with Crippen LogP contribution in [0.4, 0.5) is 0 Å². The fraction of sp³-hybridized carbons (Fsp3) is 0.450. The number of phenols is 1. The molecule has 4 heterocycles. The van der Waals surface area contributed by atoms with E-state index in [4.69, 9.17) is 9.47 Å². The van der Waals surface area contributed by atoms with Crippen molar-refractivity contribution in [1.29, 1.82) is 0 Å². The van der Waals surface area contributed by atoms with E-state index in [1.54, 1.807) is 25.6 Å². The van der Waals surface area contributed by atoms with Gasteiger partial charge in [-0.25, -0.2) is 0 Å². The number of fused-ring (bicyclic) bond motifs is 3. The Morgan fingerprint density at radius 2 is 2.10 bits per heavy atom. The first-order valence-electron chi connectivity index (χ1n) is 9.70. The van der Waals surface area contributed by atoms with Gasteiger partial charge in [0.05, 0.1) is 11.8 Å². The van der Waals surface area contributed by atoms with Crippen LogP contribution >= 0.6 is 11.3 Å². The highest BCUT2D eigenvalue weighted by molar-refractivity contribution is 7.16. The van der Waals surface area contributed by atoms with Crippen LogP contribution in [0, 0.1) is 5.92 Å². The monoisotopic (exact) mass is 413 g/mol. The lowest BCUT2D eigenvalue weighted by atomic mass is 9.76. The summed E-state index contributed by atoms with van der Waals surface area (Å²) in [5.74, 6) is 0.574. The van der Waals surface area contributed by atoms with Crippen LogP contribution in [0.1, 0.15) is 12.8 Å². The van der Waals surface area contributed by atoms with Gasteiger partial charge in [0.1, 0.15) is 18.0 Å². The number of methoxy groups -OCH3 is 1. The maximum absolute atomic E-state index is 10.5. The van der Waals surface area contributed by atoms with Gasteiger partial charge in [0.25, 0.3) is 5.19 Å². The molecule has 3 unspecified atom stereocenters. The van der Waals surface area contributed by atoms with Gasteiger partial charge in [-0.05, 0) is 37.6 Å². The molecule has 2 aliphatic heterocycles. The number of rotatable bonds is 5. The lowest BCUT2D eigenvalue weighted by Crippen LogP contribution is -2.63. The Labute approximate surface area is 172 Å². The first kappa shape index (κ1) is 18.5. The van der Waals surface area contributed by atoms with Gasteiger partial charge in [0, 0.05) is 37.4 Å². The third-order valence-electron chi connectivity index (χ3n) is 6.06. The Bertz CT molecular complexity index is 992. The maximum Gasteiger partial charge on any atom is 0.294 e. The molecule has 0 radical (unpaired) electrons. The summed E-state index contributed by atoms with van der Waals surface area (Å²) in [5.41, 5.74) is 2.43. The summed E-state index contributed by atoms with van der Waals surface area (Å²) in [5, 5.41) is 26.8. The number of phenolic OH excluding ortho intramolecular Hbond substituents is 1. The quantitative estimate of drug-likeness (QED) is 0.664. The number of aromatic nitrogens is 4. The van der Waals surface area contributed by atoms with Crippen molar-refractivity contribution in [2.45, 2.75) is 31.1 Å². The second-order valence-electron chi connectivity index (χ2n) is 7.72. The van der Waals surface area contributed by atoms with Crippen LogP contribution in [0.15, 0.2) is 30.6 Å². The molecule has 2 N–H and O–H groups in total. The molecule has 0 amide bonds. The topological polar surface area (TPSA) is 96.4 Å². The van der Waals surface area contributed by atoms with E-state index in [0.29, 0.717) is 27.7 Å². The van der Waals surface area contributed by atoms with Crippen molar-refractivity contribution in [3.63, 3.8) is 0 Å². The lowest BCUT2D eigenvalue weighted by Gasteiger charge is -2.51. The molecule has 2 saturated heterocycles. The summed E-state index contributed by atoms with van der Waals surface area (Å²) in [6.45, 7) is 1.01. The van der Waals surface area contributed by atoms with Crippen LogP contribution in [0.25, 0.3) is 21.7 Å². The number of hydrogen-bond donors (Lipinski definition) is 2. The van der Waals surface area contributed by atoms with Crippen LogP contribution in [-0.4, -0.2) is 69.4 Å². The lowest BCUT2D eigenvalue weighted by molar-refractivity contribution is -0.136. The van der Waals surface area contributed by atoms with E-state index in [0.717, 1.165) is 30.5 Å². The zero-order chi connectivity index (χ0) is 20.0. The summed E-state index contributed by atoms with van der Waals surface area (Å²) < 4.78 is 12.0. The molecule has 3 aromatic rings. The van der Waals surface area contributed by atoms with Crippen LogP contribution in [-0.2, 0) is 4.74 Å². The molecule has 0 spiro atoms. The minimum atomic E-state index is -0.0205.